The molecular weight excluding hydrogens is 536 g/mol. The number of carbonyl (C=O) groups excluding carboxylic acids is 1. The first kappa shape index (κ1) is 29.1. The van der Waals surface area contributed by atoms with Crippen molar-refractivity contribution in [3.05, 3.63) is 30.0 Å². The van der Waals surface area contributed by atoms with E-state index in [4.69, 9.17) is 5.10 Å². The number of hydrogen-bond donors (Lipinski definition) is 1. The monoisotopic (exact) mass is 584 g/mol. The molecule has 3 atom stereocenters. The van der Waals surface area contributed by atoms with Crippen LogP contribution in [0.25, 0.3) is 10.9 Å². The van der Waals surface area contributed by atoms with Crippen molar-refractivity contribution in [1.29, 1.82) is 0 Å². The van der Waals surface area contributed by atoms with E-state index in [1.807, 2.05) is 28.9 Å². The molecule has 2 bridgehead atoms. The van der Waals surface area contributed by atoms with Gasteiger partial charge in [-0.05, 0) is 64.4 Å². The number of benzene rings is 1. The molecule has 226 valence electrons. The minimum Gasteiger partial charge on any atom is -0.348 e. The molecule has 3 saturated heterocycles. The van der Waals surface area contributed by atoms with Crippen LogP contribution in [0.2, 0.25) is 0 Å². The molecule has 4 fully saturated rings. The summed E-state index contributed by atoms with van der Waals surface area (Å²) in [7, 11) is -3.14. The number of carbonyl (C=O) groups is 1. The summed E-state index contributed by atoms with van der Waals surface area (Å²) < 4.78 is 29.7. The third-order valence-corrected chi connectivity index (χ3v) is 12.2. The van der Waals surface area contributed by atoms with Crippen molar-refractivity contribution >= 4 is 26.8 Å². The summed E-state index contributed by atoms with van der Waals surface area (Å²) in [6, 6.07) is 9.37. The van der Waals surface area contributed by atoms with Crippen LogP contribution in [0.15, 0.2) is 24.3 Å². The van der Waals surface area contributed by atoms with Gasteiger partial charge in [-0.3, -0.25) is 19.3 Å². The van der Waals surface area contributed by atoms with Gasteiger partial charge in [-0.1, -0.05) is 37.5 Å². The molecule has 9 nitrogen and oxygen atoms in total. The van der Waals surface area contributed by atoms with E-state index >= 15 is 0 Å². The Morgan fingerprint density at radius 3 is 2.32 bits per heavy atom. The Morgan fingerprint density at radius 2 is 1.63 bits per heavy atom. The molecule has 4 heterocycles. The lowest BCUT2D eigenvalue weighted by atomic mass is 9.91. The summed E-state index contributed by atoms with van der Waals surface area (Å²) in [4.78, 5) is 18.5. The molecule has 1 N–H and O–H groups in total. The van der Waals surface area contributed by atoms with Gasteiger partial charge in [-0.25, -0.2) is 8.42 Å². The van der Waals surface area contributed by atoms with E-state index in [-0.39, 0.29) is 18.0 Å². The largest absolute Gasteiger partial charge is 0.348 e. The zero-order valence-electron chi connectivity index (χ0n) is 24.9. The predicted molar refractivity (Wildman–Crippen MR) is 162 cm³/mol. The van der Waals surface area contributed by atoms with Crippen molar-refractivity contribution in [3.8, 4) is 0 Å². The van der Waals surface area contributed by atoms with Crippen molar-refractivity contribution in [2.75, 3.05) is 45.0 Å². The van der Waals surface area contributed by atoms with Gasteiger partial charge in [0.05, 0.1) is 11.3 Å². The maximum atomic E-state index is 13.4. The van der Waals surface area contributed by atoms with E-state index < -0.39 is 10.0 Å². The number of fused-ring (bicyclic) bond motifs is 3. The Hall–Kier alpha value is -2.01. The van der Waals surface area contributed by atoms with E-state index in [1.165, 1.54) is 32.1 Å². The molecule has 4 aliphatic rings. The SMILES string of the molecule is CC(C)n1nc(C(=O)N[C@@H]2C[C@H]3CC[C@@H](C2)N3CCN2CCN(S(=O)(=O)CC3CCCCC3)CC2)c2ccccc21. The van der Waals surface area contributed by atoms with Gasteiger partial charge in [0, 0.05) is 68.8 Å². The molecule has 0 unspecified atom stereocenters. The van der Waals surface area contributed by atoms with Crippen molar-refractivity contribution in [2.45, 2.75) is 95.8 Å². The fourth-order valence-corrected chi connectivity index (χ4v) is 9.77. The Balaban J connectivity index is 0.981. The van der Waals surface area contributed by atoms with Gasteiger partial charge < -0.3 is 5.32 Å². The summed E-state index contributed by atoms with van der Waals surface area (Å²) >= 11 is 0. The van der Waals surface area contributed by atoms with Crippen molar-refractivity contribution in [2.24, 2.45) is 5.92 Å². The number of nitrogens with zero attached hydrogens (tertiary/aromatic N) is 5. The highest BCUT2D eigenvalue weighted by molar-refractivity contribution is 7.89. The zero-order chi connectivity index (χ0) is 28.6. The number of piperazine rings is 1. The Labute approximate surface area is 245 Å². The second kappa shape index (κ2) is 12.3. The summed E-state index contributed by atoms with van der Waals surface area (Å²) in [6.45, 7) is 9.08. The topological polar surface area (TPSA) is 90.8 Å². The van der Waals surface area contributed by atoms with E-state index in [0.717, 1.165) is 62.8 Å². The van der Waals surface area contributed by atoms with E-state index in [1.54, 1.807) is 4.31 Å². The van der Waals surface area contributed by atoms with Gasteiger partial charge >= 0.3 is 0 Å². The second-order valence-corrected chi connectivity index (χ2v) is 15.2. The highest BCUT2D eigenvalue weighted by atomic mass is 32.2. The van der Waals surface area contributed by atoms with Crippen LogP contribution in [0, 0.1) is 5.92 Å². The molecule has 1 aromatic carbocycles. The van der Waals surface area contributed by atoms with Crippen LogP contribution >= 0.6 is 0 Å². The zero-order valence-corrected chi connectivity index (χ0v) is 25.7. The van der Waals surface area contributed by atoms with Crippen LogP contribution in [-0.4, -0.2) is 101 Å². The number of nitrogens with one attached hydrogen (secondary N) is 1. The number of para-hydroxylation sites is 1. The first-order valence-corrected chi connectivity index (χ1v) is 17.6. The minimum absolute atomic E-state index is 0.0604. The third kappa shape index (κ3) is 6.36. The van der Waals surface area contributed by atoms with Gasteiger partial charge in [0.2, 0.25) is 10.0 Å². The minimum atomic E-state index is -3.14. The first-order valence-electron chi connectivity index (χ1n) is 16.0. The van der Waals surface area contributed by atoms with Gasteiger partial charge in [-0.2, -0.15) is 9.40 Å². The molecule has 0 spiro atoms. The molecule has 1 amide bonds. The summed E-state index contributed by atoms with van der Waals surface area (Å²) in [6.07, 6.45) is 10.1. The Morgan fingerprint density at radius 1 is 0.951 bits per heavy atom. The van der Waals surface area contributed by atoms with E-state index in [2.05, 4.69) is 29.0 Å². The number of sulfonamides is 1. The number of piperidine rings is 1. The summed E-state index contributed by atoms with van der Waals surface area (Å²) in [5.41, 5.74) is 1.54. The quantitative estimate of drug-likeness (QED) is 0.481. The Kier molecular flexibility index (Phi) is 8.73. The van der Waals surface area contributed by atoms with Crippen LogP contribution < -0.4 is 5.32 Å². The number of hydrogen-bond acceptors (Lipinski definition) is 6. The molecule has 41 heavy (non-hydrogen) atoms. The lowest BCUT2D eigenvalue weighted by molar-refractivity contribution is 0.0781. The maximum Gasteiger partial charge on any atom is 0.272 e. The van der Waals surface area contributed by atoms with Crippen LogP contribution in [0.5, 0.6) is 0 Å². The van der Waals surface area contributed by atoms with Crippen LogP contribution in [0.4, 0.5) is 0 Å². The fourth-order valence-electron chi connectivity index (χ4n) is 7.91. The molecule has 3 aliphatic heterocycles. The summed E-state index contributed by atoms with van der Waals surface area (Å²) in [5, 5.41) is 8.96. The highest BCUT2D eigenvalue weighted by Gasteiger charge is 2.41. The molecule has 1 aliphatic carbocycles. The van der Waals surface area contributed by atoms with Crippen LogP contribution in [-0.2, 0) is 10.0 Å². The molecular formula is C31H48N6O3S. The number of rotatable bonds is 9. The van der Waals surface area contributed by atoms with Crippen molar-refractivity contribution < 1.29 is 13.2 Å². The lowest BCUT2D eigenvalue weighted by Crippen LogP contribution is -2.54. The van der Waals surface area contributed by atoms with Gasteiger partial charge in [0.15, 0.2) is 5.69 Å². The first-order chi connectivity index (χ1) is 19.8. The Bertz CT molecular complexity index is 1300. The highest BCUT2D eigenvalue weighted by Crippen LogP contribution is 2.36. The maximum absolute atomic E-state index is 13.4. The predicted octanol–water partition coefficient (Wildman–Crippen LogP) is 3.87. The van der Waals surface area contributed by atoms with Crippen molar-refractivity contribution in [3.63, 3.8) is 0 Å². The average molecular weight is 585 g/mol. The fraction of sp³-hybridized carbons (Fsp3) is 0.742. The molecule has 0 radical (unpaired) electrons. The number of amides is 1. The molecule has 1 aromatic heterocycles. The molecule has 10 heteroatoms. The van der Waals surface area contributed by atoms with Crippen LogP contribution in [0.3, 0.4) is 0 Å². The summed E-state index contributed by atoms with van der Waals surface area (Å²) in [5.74, 6) is 0.638. The third-order valence-electron chi connectivity index (χ3n) is 10.1. The van der Waals surface area contributed by atoms with E-state index in [0.29, 0.717) is 42.5 Å². The molecule has 1 saturated carbocycles. The standard InChI is InChI=1S/C31H48N6O3S/c1-23(2)37-29-11-7-6-10-28(29)30(33-37)31(38)32-25-20-26-12-13-27(21-25)36(26)19-16-34-14-17-35(18-15-34)41(39,40)22-24-8-4-3-5-9-24/h6-7,10-11,23-27H,3-5,8-9,12-22H2,1-2H3,(H,32,38)/t25-,26-,27+. The molecule has 6 rings (SSSR count). The second-order valence-electron chi connectivity index (χ2n) is 13.2. The van der Waals surface area contributed by atoms with Gasteiger partial charge in [0.25, 0.3) is 5.91 Å². The number of aromatic nitrogens is 2. The average Bonchev–Trinajstić information content (AvgIpc) is 3.47. The van der Waals surface area contributed by atoms with Gasteiger partial charge in [0.1, 0.15) is 0 Å². The van der Waals surface area contributed by atoms with Gasteiger partial charge in [-0.15, -0.1) is 0 Å². The molecule has 2 aromatic rings. The van der Waals surface area contributed by atoms with E-state index in [9.17, 15) is 13.2 Å². The van der Waals surface area contributed by atoms with Crippen LogP contribution in [0.1, 0.15) is 88.2 Å². The van der Waals surface area contributed by atoms with Crippen molar-refractivity contribution in [1.82, 2.24) is 29.2 Å². The lowest BCUT2D eigenvalue weighted by Gasteiger charge is -2.41. The smallest absolute Gasteiger partial charge is 0.272 e. The normalized spacial score (nSPS) is 27.1.